The molecule has 2 aliphatic carbocycles. The third kappa shape index (κ3) is 7.69. The van der Waals surface area contributed by atoms with Crippen molar-refractivity contribution in [1.29, 1.82) is 0 Å². The summed E-state index contributed by atoms with van der Waals surface area (Å²) in [7, 11) is 0. The van der Waals surface area contributed by atoms with Crippen molar-refractivity contribution < 1.29 is 29.3 Å². The van der Waals surface area contributed by atoms with E-state index in [9.17, 15) is 24.6 Å². The van der Waals surface area contributed by atoms with Gasteiger partial charge >= 0.3 is 12.1 Å². The number of carbonyl (C=O) groups is 3. The number of unbranched alkanes of at least 4 members (excludes halogenated alkanes) is 1. The minimum atomic E-state index is -1.13. The number of alkyl carbamates (subject to hydrolysis) is 1. The number of aliphatic hydroxyl groups is 1. The summed E-state index contributed by atoms with van der Waals surface area (Å²) in [6, 6.07) is 14.9. The van der Waals surface area contributed by atoms with Crippen LogP contribution in [-0.2, 0) is 14.3 Å². The zero-order valence-corrected chi connectivity index (χ0v) is 22.2. The number of carbonyl (C=O) groups excluding carboxylic acids is 2. The van der Waals surface area contributed by atoms with Gasteiger partial charge in [-0.05, 0) is 67.2 Å². The quantitative estimate of drug-likeness (QED) is 0.240. The highest BCUT2D eigenvalue weighted by Gasteiger charge is 2.30. The Bertz CT molecular complexity index is 1150. The number of carboxylic acids is 1. The summed E-state index contributed by atoms with van der Waals surface area (Å²) >= 11 is 0. The van der Waals surface area contributed by atoms with Crippen LogP contribution in [0.1, 0.15) is 74.8 Å². The summed E-state index contributed by atoms with van der Waals surface area (Å²) in [6.07, 6.45) is 8.54. The number of allylic oxidation sites excluding steroid dienone is 1. The summed E-state index contributed by atoms with van der Waals surface area (Å²) in [5, 5.41) is 25.6. The van der Waals surface area contributed by atoms with Gasteiger partial charge in [0.1, 0.15) is 12.6 Å². The van der Waals surface area contributed by atoms with Crippen molar-refractivity contribution in [3.8, 4) is 11.1 Å². The normalized spacial score (nSPS) is 20.0. The van der Waals surface area contributed by atoms with Crippen LogP contribution in [-0.4, -0.2) is 53.0 Å². The topological polar surface area (TPSA) is 125 Å². The molecule has 4 N–H and O–H groups in total. The molecule has 208 valence electrons. The van der Waals surface area contributed by atoms with E-state index in [4.69, 9.17) is 4.74 Å². The molecule has 4 rings (SSSR count). The number of benzene rings is 2. The van der Waals surface area contributed by atoms with Gasteiger partial charge in [-0.25, -0.2) is 9.59 Å². The van der Waals surface area contributed by atoms with E-state index >= 15 is 0 Å². The van der Waals surface area contributed by atoms with Crippen molar-refractivity contribution in [3.63, 3.8) is 0 Å². The van der Waals surface area contributed by atoms with Crippen molar-refractivity contribution in [3.05, 3.63) is 71.8 Å². The summed E-state index contributed by atoms with van der Waals surface area (Å²) < 4.78 is 5.48. The Kier molecular flexibility index (Phi) is 9.76. The highest BCUT2D eigenvalue weighted by Crippen LogP contribution is 2.44. The Morgan fingerprint density at radius 3 is 2.36 bits per heavy atom. The molecule has 0 bridgehead atoms. The second-order valence-electron chi connectivity index (χ2n) is 10.5. The second-order valence-corrected chi connectivity index (χ2v) is 10.5. The standard InChI is InChI=1S/C31H38N2O6/c34-28(20-31(38)17-9-2-1-3-10-18-31)32-19-11-8-16-27(29(35)36)33-30(37)39-21-26-24-14-6-4-12-22(24)23-13-5-7-15-25(23)26/h2,4-7,9,12-15,26-27,38H,1,3,8,10-11,16-21H2,(H,32,34)(H,33,37)(H,35,36)/b9-2-/t27-,31?/m0/s1. The first kappa shape index (κ1) is 28.4. The fourth-order valence-corrected chi connectivity index (χ4v) is 5.50. The average molecular weight is 535 g/mol. The molecule has 2 aromatic rings. The van der Waals surface area contributed by atoms with Crippen LogP contribution in [0.4, 0.5) is 4.79 Å². The lowest BCUT2D eigenvalue weighted by Gasteiger charge is -2.27. The summed E-state index contributed by atoms with van der Waals surface area (Å²) in [5.41, 5.74) is 3.40. The van der Waals surface area contributed by atoms with Gasteiger partial charge < -0.3 is 25.6 Å². The number of aliphatic carboxylic acids is 1. The SMILES string of the molecule is O=C(CC1(O)C/C=C\CCCC1)NCCCC[C@H](NC(=O)OCC1c2ccccc2-c2ccccc21)C(=O)O. The lowest BCUT2D eigenvalue weighted by Crippen LogP contribution is -2.41. The largest absolute Gasteiger partial charge is 0.480 e. The van der Waals surface area contributed by atoms with E-state index in [1.54, 1.807) is 0 Å². The molecule has 2 aliphatic rings. The molecule has 0 fully saturated rings. The number of nitrogens with one attached hydrogen (secondary N) is 2. The number of hydrogen-bond acceptors (Lipinski definition) is 5. The molecular formula is C31H38N2O6. The number of carboxylic acid groups (broad SMARTS) is 1. The van der Waals surface area contributed by atoms with E-state index in [1.807, 2.05) is 42.5 Å². The number of amides is 2. The Hall–Kier alpha value is -3.65. The van der Waals surface area contributed by atoms with Gasteiger partial charge in [-0.2, -0.15) is 0 Å². The maximum Gasteiger partial charge on any atom is 0.407 e. The Balaban J connectivity index is 1.19. The molecule has 0 spiro atoms. The average Bonchev–Trinajstić information content (AvgIpc) is 3.22. The van der Waals surface area contributed by atoms with Crippen LogP contribution in [0.25, 0.3) is 11.1 Å². The zero-order chi connectivity index (χ0) is 27.7. The maximum atomic E-state index is 12.5. The van der Waals surface area contributed by atoms with E-state index in [0.717, 1.165) is 41.5 Å². The van der Waals surface area contributed by atoms with E-state index in [-0.39, 0.29) is 31.3 Å². The molecule has 39 heavy (non-hydrogen) atoms. The molecule has 0 aliphatic heterocycles. The highest BCUT2D eigenvalue weighted by molar-refractivity contribution is 5.81. The van der Waals surface area contributed by atoms with Crippen molar-refractivity contribution in [2.75, 3.05) is 13.2 Å². The lowest BCUT2D eigenvalue weighted by atomic mass is 9.87. The van der Waals surface area contributed by atoms with Crippen LogP contribution >= 0.6 is 0 Å². The number of rotatable bonds is 11. The molecule has 0 saturated heterocycles. The van der Waals surface area contributed by atoms with E-state index < -0.39 is 23.7 Å². The Morgan fingerprint density at radius 1 is 0.974 bits per heavy atom. The molecule has 2 aromatic carbocycles. The first-order valence-corrected chi connectivity index (χ1v) is 13.8. The lowest BCUT2D eigenvalue weighted by molar-refractivity contribution is -0.139. The highest BCUT2D eigenvalue weighted by atomic mass is 16.5. The Labute approximate surface area is 229 Å². The van der Waals surface area contributed by atoms with Crippen molar-refractivity contribution >= 4 is 18.0 Å². The maximum absolute atomic E-state index is 12.5. The third-order valence-electron chi connectivity index (χ3n) is 7.59. The predicted octanol–water partition coefficient (Wildman–Crippen LogP) is 4.91. The van der Waals surface area contributed by atoms with Gasteiger partial charge in [0.2, 0.25) is 5.91 Å². The zero-order valence-electron chi connectivity index (χ0n) is 22.2. The molecule has 2 atom stereocenters. The van der Waals surface area contributed by atoms with Crippen LogP contribution in [0, 0.1) is 0 Å². The molecule has 0 heterocycles. The smallest absolute Gasteiger partial charge is 0.407 e. The third-order valence-corrected chi connectivity index (χ3v) is 7.59. The Morgan fingerprint density at radius 2 is 1.67 bits per heavy atom. The van der Waals surface area contributed by atoms with E-state index in [1.165, 1.54) is 0 Å². The number of fused-ring (bicyclic) bond motifs is 3. The monoisotopic (exact) mass is 534 g/mol. The molecule has 2 amide bonds. The van der Waals surface area contributed by atoms with Gasteiger partial charge in [-0.15, -0.1) is 0 Å². The van der Waals surface area contributed by atoms with Crippen LogP contribution in [0.3, 0.4) is 0 Å². The first-order chi connectivity index (χ1) is 18.9. The number of ether oxygens (including phenoxy) is 1. The summed E-state index contributed by atoms with van der Waals surface area (Å²) in [4.78, 5) is 36.6. The van der Waals surface area contributed by atoms with Crippen molar-refractivity contribution in [2.45, 2.75) is 75.3 Å². The minimum absolute atomic E-state index is 0.0540. The summed E-state index contributed by atoms with van der Waals surface area (Å²) in [5.74, 6) is -1.45. The van der Waals surface area contributed by atoms with Crippen molar-refractivity contribution in [1.82, 2.24) is 10.6 Å². The van der Waals surface area contributed by atoms with E-state index in [2.05, 4.69) is 28.8 Å². The van der Waals surface area contributed by atoms with Gasteiger partial charge in [0.25, 0.3) is 0 Å². The molecule has 0 saturated carbocycles. The summed E-state index contributed by atoms with van der Waals surface area (Å²) in [6.45, 7) is 0.488. The molecule has 0 radical (unpaired) electrons. The predicted molar refractivity (Wildman–Crippen MR) is 148 cm³/mol. The van der Waals surface area contributed by atoms with Gasteiger partial charge in [-0.1, -0.05) is 67.1 Å². The minimum Gasteiger partial charge on any atom is -0.480 e. The van der Waals surface area contributed by atoms with Crippen molar-refractivity contribution in [2.24, 2.45) is 0 Å². The molecule has 0 aromatic heterocycles. The van der Waals surface area contributed by atoms with Gasteiger partial charge in [-0.3, -0.25) is 4.79 Å². The number of hydrogen-bond donors (Lipinski definition) is 4. The fraction of sp³-hybridized carbons (Fsp3) is 0.452. The molecule has 8 heteroatoms. The molecular weight excluding hydrogens is 496 g/mol. The van der Waals surface area contributed by atoms with Crippen LogP contribution < -0.4 is 10.6 Å². The van der Waals surface area contributed by atoms with E-state index in [0.29, 0.717) is 32.2 Å². The molecule has 1 unspecified atom stereocenters. The van der Waals surface area contributed by atoms with Gasteiger partial charge in [0, 0.05) is 12.5 Å². The first-order valence-electron chi connectivity index (χ1n) is 13.8. The van der Waals surface area contributed by atoms with Crippen LogP contribution in [0.2, 0.25) is 0 Å². The van der Waals surface area contributed by atoms with Crippen LogP contribution in [0.15, 0.2) is 60.7 Å². The molecule has 8 nitrogen and oxygen atoms in total. The second kappa shape index (κ2) is 13.4. The van der Waals surface area contributed by atoms with Crippen LogP contribution in [0.5, 0.6) is 0 Å². The van der Waals surface area contributed by atoms with Gasteiger partial charge in [0.05, 0.1) is 12.0 Å². The van der Waals surface area contributed by atoms with Gasteiger partial charge in [0.15, 0.2) is 0 Å². The fourth-order valence-electron chi connectivity index (χ4n) is 5.50.